The average Bonchev–Trinajstić information content (AvgIpc) is 3.80. The standard InChI is InChI=1S/C35H37FN8O/c1-43(2)13-10-38-26-17-23(16-25(36)19-26)28-6-5-7-31-29(28)20-33(39-31)35-34-32(41-42-35)9-8-30(40-34)24-18-27(22-37-21-24)45-15-14-44-11-3-4-12-44/h5-9,16-22,38-39H,3-4,10-15H2,1-2H3,(H,41,42). The summed E-state index contributed by atoms with van der Waals surface area (Å²) in [4.78, 5) is 17.5. The Morgan fingerprint density at radius 2 is 1.87 bits per heavy atom. The van der Waals surface area contributed by atoms with E-state index in [1.165, 1.54) is 18.9 Å². The Morgan fingerprint density at radius 3 is 2.73 bits per heavy atom. The first-order chi connectivity index (χ1) is 22.0. The second-order valence-electron chi connectivity index (χ2n) is 11.9. The molecule has 45 heavy (non-hydrogen) atoms. The summed E-state index contributed by atoms with van der Waals surface area (Å²) in [6, 6.07) is 19.1. The first kappa shape index (κ1) is 28.9. The third kappa shape index (κ3) is 6.38. The molecular weight excluding hydrogens is 567 g/mol. The minimum atomic E-state index is -0.279. The van der Waals surface area contributed by atoms with E-state index in [1.54, 1.807) is 18.5 Å². The molecule has 6 aromatic rings. The summed E-state index contributed by atoms with van der Waals surface area (Å²) in [5.74, 6) is 0.454. The number of aromatic amines is 2. The quantitative estimate of drug-likeness (QED) is 0.157. The smallest absolute Gasteiger partial charge is 0.138 e. The summed E-state index contributed by atoms with van der Waals surface area (Å²) in [6.07, 6.45) is 6.09. The molecule has 3 N–H and O–H groups in total. The Kier molecular flexibility index (Phi) is 8.15. The number of nitrogens with zero attached hydrogens (tertiary/aromatic N) is 5. The molecule has 9 nitrogen and oxygen atoms in total. The van der Waals surface area contributed by atoms with E-state index in [0.717, 1.165) is 94.2 Å². The van der Waals surface area contributed by atoms with E-state index >= 15 is 0 Å². The van der Waals surface area contributed by atoms with Gasteiger partial charge in [0, 0.05) is 48.0 Å². The summed E-state index contributed by atoms with van der Waals surface area (Å²) in [6.45, 7) is 5.43. The van der Waals surface area contributed by atoms with Gasteiger partial charge in [-0.15, -0.1) is 0 Å². The number of hydrogen-bond donors (Lipinski definition) is 3. The van der Waals surface area contributed by atoms with Gasteiger partial charge < -0.3 is 19.9 Å². The number of ether oxygens (including phenoxy) is 1. The molecule has 0 spiro atoms. The predicted molar refractivity (Wildman–Crippen MR) is 178 cm³/mol. The number of aromatic nitrogens is 5. The molecule has 230 valence electrons. The number of nitrogens with one attached hydrogen (secondary N) is 3. The molecule has 5 heterocycles. The Morgan fingerprint density at radius 1 is 0.978 bits per heavy atom. The molecule has 10 heteroatoms. The highest BCUT2D eigenvalue weighted by atomic mass is 19.1. The Bertz CT molecular complexity index is 1940. The number of fused-ring (bicyclic) bond motifs is 2. The lowest BCUT2D eigenvalue weighted by Crippen LogP contribution is -2.25. The van der Waals surface area contributed by atoms with Gasteiger partial charge in [0.15, 0.2) is 0 Å². The van der Waals surface area contributed by atoms with Crippen molar-refractivity contribution in [1.82, 2.24) is 34.9 Å². The number of likely N-dealkylation sites (N-methyl/N-ethyl adjacent to an activating group) is 1. The van der Waals surface area contributed by atoms with Crippen LogP contribution in [0.1, 0.15) is 12.8 Å². The molecule has 0 aliphatic carbocycles. The maximum absolute atomic E-state index is 14.7. The van der Waals surface area contributed by atoms with Gasteiger partial charge in [-0.3, -0.25) is 15.0 Å². The number of H-pyrrole nitrogens is 2. The van der Waals surface area contributed by atoms with Crippen molar-refractivity contribution in [3.8, 4) is 39.5 Å². The summed E-state index contributed by atoms with van der Waals surface area (Å²) in [5.41, 5.74) is 8.21. The fraction of sp³-hybridized carbons (Fsp3) is 0.286. The molecule has 0 amide bonds. The third-order valence-electron chi connectivity index (χ3n) is 8.31. The molecule has 7 rings (SSSR count). The lowest BCUT2D eigenvalue weighted by Gasteiger charge is -2.15. The average molecular weight is 605 g/mol. The molecule has 2 aromatic carbocycles. The van der Waals surface area contributed by atoms with Crippen LogP contribution in [0.2, 0.25) is 0 Å². The largest absolute Gasteiger partial charge is 0.491 e. The van der Waals surface area contributed by atoms with Crippen molar-refractivity contribution in [3.63, 3.8) is 0 Å². The normalized spacial score (nSPS) is 13.8. The topological polar surface area (TPSA) is 98.0 Å². The minimum absolute atomic E-state index is 0.279. The minimum Gasteiger partial charge on any atom is -0.491 e. The SMILES string of the molecule is CN(C)CCNc1cc(F)cc(-c2cccc3[nH]c(-c4n[nH]c5ccc(-c6cncc(OCCN7CCCC7)c6)nc45)cc23)c1. The highest BCUT2D eigenvalue weighted by Gasteiger charge is 2.17. The molecule has 0 bridgehead atoms. The van der Waals surface area contributed by atoms with Crippen LogP contribution in [0.25, 0.3) is 55.7 Å². The molecule has 0 atom stereocenters. The van der Waals surface area contributed by atoms with Crippen LogP contribution in [-0.4, -0.2) is 88.4 Å². The van der Waals surface area contributed by atoms with Crippen LogP contribution in [0.3, 0.4) is 0 Å². The number of likely N-dealkylation sites (tertiary alicyclic amines) is 1. The van der Waals surface area contributed by atoms with Gasteiger partial charge in [-0.2, -0.15) is 5.10 Å². The van der Waals surface area contributed by atoms with Gasteiger partial charge in [0.25, 0.3) is 0 Å². The van der Waals surface area contributed by atoms with Crippen LogP contribution in [0.5, 0.6) is 5.75 Å². The van der Waals surface area contributed by atoms with Crippen molar-refractivity contribution in [3.05, 3.63) is 78.9 Å². The van der Waals surface area contributed by atoms with Crippen LogP contribution in [0.4, 0.5) is 10.1 Å². The van der Waals surface area contributed by atoms with Crippen molar-refractivity contribution in [2.24, 2.45) is 0 Å². The summed E-state index contributed by atoms with van der Waals surface area (Å²) < 4.78 is 20.8. The van der Waals surface area contributed by atoms with Gasteiger partial charge in [0.05, 0.1) is 23.1 Å². The molecule has 1 aliphatic heterocycles. The molecule has 0 radical (unpaired) electrons. The van der Waals surface area contributed by atoms with Crippen LogP contribution < -0.4 is 10.1 Å². The fourth-order valence-electron chi connectivity index (χ4n) is 5.99. The zero-order chi connectivity index (χ0) is 30.8. The summed E-state index contributed by atoms with van der Waals surface area (Å²) in [5, 5.41) is 12.1. The van der Waals surface area contributed by atoms with Crippen LogP contribution >= 0.6 is 0 Å². The summed E-state index contributed by atoms with van der Waals surface area (Å²) >= 11 is 0. The van der Waals surface area contributed by atoms with Gasteiger partial charge in [-0.1, -0.05) is 12.1 Å². The fourth-order valence-corrected chi connectivity index (χ4v) is 5.99. The second-order valence-corrected chi connectivity index (χ2v) is 11.9. The van der Waals surface area contributed by atoms with Gasteiger partial charge >= 0.3 is 0 Å². The van der Waals surface area contributed by atoms with Gasteiger partial charge in [0.2, 0.25) is 0 Å². The van der Waals surface area contributed by atoms with Crippen molar-refractivity contribution >= 4 is 27.6 Å². The Balaban J connectivity index is 1.17. The monoisotopic (exact) mass is 604 g/mol. The molecule has 1 saturated heterocycles. The van der Waals surface area contributed by atoms with Crippen molar-refractivity contribution in [1.29, 1.82) is 0 Å². The second kappa shape index (κ2) is 12.7. The first-order valence-corrected chi connectivity index (χ1v) is 15.5. The van der Waals surface area contributed by atoms with E-state index in [-0.39, 0.29) is 5.82 Å². The highest BCUT2D eigenvalue weighted by molar-refractivity contribution is 6.00. The van der Waals surface area contributed by atoms with E-state index in [4.69, 9.17) is 9.72 Å². The van der Waals surface area contributed by atoms with E-state index < -0.39 is 0 Å². The number of pyridine rings is 2. The first-order valence-electron chi connectivity index (χ1n) is 15.5. The maximum Gasteiger partial charge on any atom is 0.138 e. The highest BCUT2D eigenvalue weighted by Crippen LogP contribution is 2.35. The number of benzene rings is 2. The lowest BCUT2D eigenvalue weighted by molar-refractivity contribution is 0.237. The van der Waals surface area contributed by atoms with Crippen LogP contribution in [0, 0.1) is 5.82 Å². The van der Waals surface area contributed by atoms with Gasteiger partial charge in [0.1, 0.15) is 29.4 Å². The van der Waals surface area contributed by atoms with E-state index in [1.807, 2.05) is 56.6 Å². The number of hydrogen-bond acceptors (Lipinski definition) is 7. The molecule has 0 saturated carbocycles. The van der Waals surface area contributed by atoms with E-state index in [2.05, 4.69) is 41.3 Å². The van der Waals surface area contributed by atoms with Crippen LogP contribution in [-0.2, 0) is 0 Å². The Hall–Kier alpha value is -4.80. The number of anilines is 1. The number of rotatable bonds is 11. The molecule has 1 aliphatic rings. The number of halogens is 1. The van der Waals surface area contributed by atoms with E-state index in [0.29, 0.717) is 12.3 Å². The Labute approximate surface area is 261 Å². The summed E-state index contributed by atoms with van der Waals surface area (Å²) in [7, 11) is 4.03. The van der Waals surface area contributed by atoms with Crippen molar-refractivity contribution in [2.45, 2.75) is 12.8 Å². The van der Waals surface area contributed by atoms with Gasteiger partial charge in [-0.25, -0.2) is 9.37 Å². The van der Waals surface area contributed by atoms with Crippen molar-refractivity contribution < 1.29 is 9.13 Å². The molecular formula is C35H37FN8O. The lowest BCUT2D eigenvalue weighted by atomic mass is 10.0. The molecule has 4 aromatic heterocycles. The molecule has 1 fully saturated rings. The van der Waals surface area contributed by atoms with Gasteiger partial charge in [-0.05, 0) is 99.7 Å². The molecule has 0 unspecified atom stereocenters. The zero-order valence-corrected chi connectivity index (χ0v) is 25.6. The maximum atomic E-state index is 14.7. The van der Waals surface area contributed by atoms with Crippen LogP contribution in [0.15, 0.2) is 73.1 Å². The van der Waals surface area contributed by atoms with E-state index in [9.17, 15) is 4.39 Å². The van der Waals surface area contributed by atoms with Crippen molar-refractivity contribution in [2.75, 3.05) is 58.7 Å². The predicted octanol–water partition coefficient (Wildman–Crippen LogP) is 6.42. The zero-order valence-electron chi connectivity index (χ0n) is 25.6. The third-order valence-corrected chi connectivity index (χ3v) is 8.31.